The maximum atomic E-state index is 12.7. The molecule has 0 heterocycles. The van der Waals surface area contributed by atoms with E-state index in [0.717, 1.165) is 12.1 Å². The summed E-state index contributed by atoms with van der Waals surface area (Å²) in [4.78, 5) is 11.4. The van der Waals surface area contributed by atoms with Crippen LogP contribution < -0.4 is 4.74 Å². The van der Waals surface area contributed by atoms with E-state index < -0.39 is 42.3 Å². The minimum absolute atomic E-state index is 0.0452. The molecule has 0 amide bonds. The molecule has 0 atom stereocenters. The van der Waals surface area contributed by atoms with Gasteiger partial charge >= 0.3 is 12.6 Å². The summed E-state index contributed by atoms with van der Waals surface area (Å²) in [5, 5.41) is 8.86. The molecule has 4 nitrogen and oxygen atoms in total. The van der Waals surface area contributed by atoms with Gasteiger partial charge in [-0.2, -0.15) is 14.0 Å². The van der Waals surface area contributed by atoms with Gasteiger partial charge in [-0.05, 0) is 19.1 Å². The summed E-state index contributed by atoms with van der Waals surface area (Å²) >= 11 is 0. The molecule has 1 aromatic rings. The van der Waals surface area contributed by atoms with E-state index in [9.17, 15) is 22.4 Å². The highest BCUT2D eigenvalue weighted by atomic mass is 19.3. The molecule has 0 saturated carbocycles. The Hall–Kier alpha value is -2.30. The maximum Gasteiger partial charge on any atom is 0.387 e. The Balaban J connectivity index is 3.30. The molecule has 0 aromatic heterocycles. The summed E-state index contributed by atoms with van der Waals surface area (Å²) in [7, 11) is 0. The SMILES string of the molecule is CCOC(=O)Cc1cc(C(F)F)cc(C#N)c1OC(F)F. The van der Waals surface area contributed by atoms with Crippen molar-refractivity contribution in [3.05, 3.63) is 28.8 Å². The molecular weight excluding hydrogens is 294 g/mol. The second-order valence-corrected chi connectivity index (χ2v) is 3.83. The van der Waals surface area contributed by atoms with E-state index >= 15 is 0 Å². The number of ether oxygens (including phenoxy) is 2. The Bertz CT molecular complexity index is 555. The summed E-state index contributed by atoms with van der Waals surface area (Å²) in [6, 6.07) is 3.09. The molecule has 1 aromatic carbocycles. The Labute approximate surface area is 117 Å². The predicted octanol–water partition coefficient (Wildman–Crippen LogP) is 3.20. The van der Waals surface area contributed by atoms with Crippen molar-refractivity contribution in [1.82, 2.24) is 0 Å². The van der Waals surface area contributed by atoms with Crippen LogP contribution in [0.25, 0.3) is 0 Å². The molecule has 1 rings (SSSR count). The second kappa shape index (κ2) is 7.47. The third-order valence-electron chi connectivity index (χ3n) is 2.41. The number of hydrogen-bond acceptors (Lipinski definition) is 4. The first-order valence-corrected chi connectivity index (χ1v) is 5.84. The second-order valence-electron chi connectivity index (χ2n) is 3.83. The minimum Gasteiger partial charge on any atom is -0.466 e. The number of halogens is 4. The number of rotatable bonds is 6. The monoisotopic (exact) mass is 305 g/mol. The van der Waals surface area contributed by atoms with Crippen LogP contribution >= 0.6 is 0 Å². The van der Waals surface area contributed by atoms with E-state index in [0.29, 0.717) is 0 Å². The summed E-state index contributed by atoms with van der Waals surface area (Å²) in [5.74, 6) is -1.39. The van der Waals surface area contributed by atoms with Gasteiger partial charge in [0.05, 0.1) is 18.6 Å². The molecule has 8 heteroatoms. The molecule has 21 heavy (non-hydrogen) atoms. The average Bonchev–Trinajstić information content (AvgIpc) is 2.39. The van der Waals surface area contributed by atoms with Gasteiger partial charge in [0.25, 0.3) is 6.43 Å². The third kappa shape index (κ3) is 4.63. The molecule has 0 fully saturated rings. The number of esters is 1. The highest BCUT2D eigenvalue weighted by molar-refractivity contribution is 5.74. The zero-order valence-electron chi connectivity index (χ0n) is 10.9. The van der Waals surface area contributed by atoms with E-state index in [4.69, 9.17) is 5.26 Å². The van der Waals surface area contributed by atoms with Crippen molar-refractivity contribution in [3.63, 3.8) is 0 Å². The fourth-order valence-electron chi connectivity index (χ4n) is 1.65. The standard InChI is InChI=1S/C13H11F4NO3/c1-2-20-10(19)5-7-3-8(12(14)15)4-9(6-18)11(7)21-13(16)17/h3-4,12-13H,2,5H2,1H3. The van der Waals surface area contributed by atoms with E-state index in [1.807, 2.05) is 0 Å². The molecule has 0 bridgehead atoms. The summed E-state index contributed by atoms with van der Waals surface area (Å²) in [6.45, 7) is -1.68. The zero-order valence-corrected chi connectivity index (χ0v) is 10.9. The number of hydrogen-bond donors (Lipinski definition) is 0. The van der Waals surface area contributed by atoms with Crippen molar-refractivity contribution < 1.29 is 31.8 Å². The highest BCUT2D eigenvalue weighted by Crippen LogP contribution is 2.31. The van der Waals surface area contributed by atoms with Crippen molar-refractivity contribution in [2.45, 2.75) is 26.4 Å². The van der Waals surface area contributed by atoms with Crippen LogP contribution in [0.2, 0.25) is 0 Å². The van der Waals surface area contributed by atoms with Gasteiger partial charge in [0.1, 0.15) is 11.8 Å². The van der Waals surface area contributed by atoms with Gasteiger partial charge in [0.2, 0.25) is 0 Å². The number of nitriles is 1. The molecule has 0 aliphatic carbocycles. The van der Waals surface area contributed by atoms with Crippen molar-refractivity contribution >= 4 is 5.97 Å². The lowest BCUT2D eigenvalue weighted by Gasteiger charge is -2.14. The molecule has 114 valence electrons. The molecule has 0 N–H and O–H groups in total. The lowest BCUT2D eigenvalue weighted by atomic mass is 10.0. The van der Waals surface area contributed by atoms with Gasteiger partial charge in [-0.3, -0.25) is 4.79 Å². The van der Waals surface area contributed by atoms with E-state index in [1.165, 1.54) is 13.0 Å². The number of carbonyl (C=O) groups is 1. The lowest BCUT2D eigenvalue weighted by molar-refractivity contribution is -0.142. The molecule has 0 aliphatic heterocycles. The van der Waals surface area contributed by atoms with Gasteiger partial charge in [0.15, 0.2) is 0 Å². The van der Waals surface area contributed by atoms with Crippen LogP contribution in [0.15, 0.2) is 12.1 Å². The van der Waals surface area contributed by atoms with Crippen LogP contribution in [0.3, 0.4) is 0 Å². The van der Waals surface area contributed by atoms with Gasteiger partial charge in [0, 0.05) is 11.1 Å². The van der Waals surface area contributed by atoms with Crippen LogP contribution in [0, 0.1) is 11.3 Å². The maximum absolute atomic E-state index is 12.7. The fraction of sp³-hybridized carbons (Fsp3) is 0.385. The van der Waals surface area contributed by atoms with Crippen LogP contribution in [0.5, 0.6) is 5.75 Å². The quantitative estimate of drug-likeness (QED) is 0.598. The molecule has 0 unspecified atom stereocenters. The largest absolute Gasteiger partial charge is 0.466 e. The van der Waals surface area contributed by atoms with Gasteiger partial charge in [-0.1, -0.05) is 0 Å². The Kier molecular flexibility index (Phi) is 5.96. The van der Waals surface area contributed by atoms with Crippen molar-refractivity contribution in [2.75, 3.05) is 6.61 Å². The highest BCUT2D eigenvalue weighted by Gasteiger charge is 2.21. The van der Waals surface area contributed by atoms with Gasteiger partial charge in [-0.25, -0.2) is 8.78 Å². The average molecular weight is 305 g/mol. The number of carbonyl (C=O) groups excluding carboxylic acids is 1. The summed E-state index contributed by atoms with van der Waals surface area (Å²) in [6.07, 6.45) is -3.47. The Morgan fingerprint density at radius 2 is 2.00 bits per heavy atom. The smallest absolute Gasteiger partial charge is 0.387 e. The van der Waals surface area contributed by atoms with Crippen molar-refractivity contribution in [2.24, 2.45) is 0 Å². The fourth-order valence-corrected chi connectivity index (χ4v) is 1.65. The Morgan fingerprint density at radius 1 is 1.33 bits per heavy atom. The molecule has 0 aliphatic rings. The van der Waals surface area contributed by atoms with Crippen LogP contribution in [0.4, 0.5) is 17.6 Å². The van der Waals surface area contributed by atoms with E-state index in [-0.39, 0.29) is 12.2 Å². The number of alkyl halides is 4. The molecule has 0 saturated heterocycles. The first-order valence-electron chi connectivity index (χ1n) is 5.84. The van der Waals surface area contributed by atoms with Gasteiger partial charge < -0.3 is 9.47 Å². The predicted molar refractivity (Wildman–Crippen MR) is 63.1 cm³/mol. The summed E-state index contributed by atoms with van der Waals surface area (Å²) in [5.41, 5.74) is -1.30. The van der Waals surface area contributed by atoms with Crippen molar-refractivity contribution in [1.29, 1.82) is 5.26 Å². The zero-order chi connectivity index (χ0) is 16.0. The Morgan fingerprint density at radius 3 is 2.48 bits per heavy atom. The molecule has 0 spiro atoms. The van der Waals surface area contributed by atoms with E-state index in [2.05, 4.69) is 9.47 Å². The van der Waals surface area contributed by atoms with Crippen LogP contribution in [0.1, 0.15) is 30.0 Å². The van der Waals surface area contributed by atoms with Crippen LogP contribution in [-0.2, 0) is 16.0 Å². The van der Waals surface area contributed by atoms with Crippen molar-refractivity contribution in [3.8, 4) is 11.8 Å². The minimum atomic E-state index is -3.25. The van der Waals surface area contributed by atoms with E-state index in [1.54, 1.807) is 0 Å². The summed E-state index contributed by atoms with van der Waals surface area (Å²) < 4.78 is 59.0. The lowest BCUT2D eigenvalue weighted by Crippen LogP contribution is -2.12. The number of nitrogens with zero attached hydrogens (tertiary/aromatic N) is 1. The van der Waals surface area contributed by atoms with Crippen LogP contribution in [-0.4, -0.2) is 19.2 Å². The first kappa shape index (κ1) is 16.8. The number of benzene rings is 1. The topological polar surface area (TPSA) is 59.3 Å². The third-order valence-corrected chi connectivity index (χ3v) is 2.41. The normalized spacial score (nSPS) is 10.6. The molecule has 0 radical (unpaired) electrons. The first-order chi connectivity index (χ1) is 9.88. The van der Waals surface area contributed by atoms with Gasteiger partial charge in [-0.15, -0.1) is 0 Å². The molecular formula is C13H11F4NO3.